The molecule has 6 heteroatoms. The van der Waals surface area contributed by atoms with Crippen LogP contribution in [0, 0.1) is 11.3 Å². The molecule has 2 aromatic rings. The maximum atomic E-state index is 12.7. The van der Waals surface area contributed by atoms with Gasteiger partial charge in [0.05, 0.1) is 17.5 Å². The molecule has 1 N–H and O–H groups in total. The Bertz CT molecular complexity index is 892. The molecular formula is C23H28N4OS. The van der Waals surface area contributed by atoms with Gasteiger partial charge in [-0.25, -0.2) is 4.98 Å². The van der Waals surface area contributed by atoms with Crippen molar-refractivity contribution in [1.82, 2.24) is 14.9 Å². The summed E-state index contributed by atoms with van der Waals surface area (Å²) in [5.41, 5.74) is 2.86. The predicted molar refractivity (Wildman–Crippen MR) is 115 cm³/mol. The summed E-state index contributed by atoms with van der Waals surface area (Å²) in [6, 6.07) is 12.7. The molecule has 0 radical (unpaired) electrons. The Balaban J connectivity index is 1.50. The average Bonchev–Trinajstić information content (AvgIpc) is 2.97. The molecule has 5 nitrogen and oxygen atoms in total. The monoisotopic (exact) mass is 408 g/mol. The molecule has 1 aromatic carbocycles. The highest BCUT2D eigenvalue weighted by Gasteiger charge is 2.32. The van der Waals surface area contributed by atoms with Crippen LogP contribution in [0.2, 0.25) is 0 Å². The van der Waals surface area contributed by atoms with Crippen molar-refractivity contribution in [2.45, 2.75) is 74.9 Å². The molecule has 0 unspecified atom stereocenters. The lowest BCUT2D eigenvalue weighted by molar-refractivity contribution is -0.120. The van der Waals surface area contributed by atoms with Crippen LogP contribution in [0.15, 0.2) is 35.5 Å². The normalized spacial score (nSPS) is 18.3. The molecule has 0 spiro atoms. The van der Waals surface area contributed by atoms with Gasteiger partial charge in [-0.3, -0.25) is 9.36 Å². The van der Waals surface area contributed by atoms with Gasteiger partial charge in [0, 0.05) is 11.4 Å². The van der Waals surface area contributed by atoms with E-state index in [1.54, 1.807) is 0 Å². The molecule has 1 aromatic heterocycles. The van der Waals surface area contributed by atoms with Gasteiger partial charge in [0.25, 0.3) is 0 Å². The number of hydrogen-bond acceptors (Lipinski definition) is 4. The number of para-hydroxylation sites is 1. The minimum absolute atomic E-state index is 0.0703. The van der Waals surface area contributed by atoms with E-state index in [2.05, 4.69) is 28.1 Å². The minimum atomic E-state index is -0.692. The largest absolute Gasteiger partial charge is 0.337 e. The Kier molecular flexibility index (Phi) is 6.25. The number of fused-ring (bicyclic) bond motifs is 1. The molecule has 29 heavy (non-hydrogen) atoms. The maximum Gasteiger partial charge on any atom is 0.231 e. The lowest BCUT2D eigenvalue weighted by Crippen LogP contribution is -2.47. The second-order valence-corrected chi connectivity index (χ2v) is 9.05. The van der Waals surface area contributed by atoms with Gasteiger partial charge in [-0.15, -0.1) is 0 Å². The number of amides is 1. The molecule has 2 aliphatic rings. The van der Waals surface area contributed by atoms with E-state index in [1.165, 1.54) is 36.0 Å². The van der Waals surface area contributed by atoms with Crippen LogP contribution in [0.3, 0.4) is 0 Å². The maximum absolute atomic E-state index is 12.7. The topological polar surface area (TPSA) is 70.7 Å². The van der Waals surface area contributed by atoms with Crippen LogP contribution in [0.25, 0.3) is 5.69 Å². The first kappa shape index (κ1) is 20.0. The van der Waals surface area contributed by atoms with Crippen LogP contribution in [0.5, 0.6) is 0 Å². The average molecular weight is 409 g/mol. The summed E-state index contributed by atoms with van der Waals surface area (Å²) in [5.74, 6) is 0.214. The first-order chi connectivity index (χ1) is 14.2. The van der Waals surface area contributed by atoms with Crippen molar-refractivity contribution in [2.75, 3.05) is 5.75 Å². The molecular weight excluding hydrogens is 380 g/mol. The molecule has 2 aliphatic carbocycles. The number of nitriles is 1. The summed E-state index contributed by atoms with van der Waals surface area (Å²) in [4.78, 5) is 17.6. The van der Waals surface area contributed by atoms with Gasteiger partial charge in [0.1, 0.15) is 5.54 Å². The third kappa shape index (κ3) is 4.51. The van der Waals surface area contributed by atoms with Gasteiger partial charge in [0.2, 0.25) is 5.91 Å². The Hall–Kier alpha value is -2.26. The highest BCUT2D eigenvalue weighted by atomic mass is 32.2. The van der Waals surface area contributed by atoms with Gasteiger partial charge in [-0.05, 0) is 50.7 Å². The number of rotatable bonds is 5. The van der Waals surface area contributed by atoms with Crippen LogP contribution in [-0.2, 0) is 17.6 Å². The number of nitrogens with one attached hydrogen (secondary N) is 1. The van der Waals surface area contributed by atoms with Gasteiger partial charge in [-0.2, -0.15) is 5.26 Å². The van der Waals surface area contributed by atoms with Gasteiger partial charge in [0.15, 0.2) is 5.16 Å². The van der Waals surface area contributed by atoms with Crippen LogP contribution in [0.1, 0.15) is 62.8 Å². The Labute approximate surface area is 176 Å². The number of carbonyl (C=O) groups excluding carboxylic acids is 1. The standard InChI is InChI=1S/C23H28N4OS/c24-17-23(14-8-1-2-9-15-23)26-21(28)16-29-22-25-19-12-6-7-13-20(19)27(22)18-10-4-3-5-11-18/h3-5,10-11H,1-2,6-9,12-16H2,(H,26,28). The van der Waals surface area contributed by atoms with Crippen molar-refractivity contribution in [1.29, 1.82) is 5.26 Å². The number of nitrogens with zero attached hydrogens (tertiary/aromatic N) is 3. The predicted octanol–water partition coefficient (Wildman–Crippen LogP) is 4.58. The molecule has 0 atom stereocenters. The molecule has 0 bridgehead atoms. The van der Waals surface area contributed by atoms with Crippen molar-refractivity contribution >= 4 is 17.7 Å². The van der Waals surface area contributed by atoms with Gasteiger partial charge >= 0.3 is 0 Å². The minimum Gasteiger partial charge on any atom is -0.337 e. The molecule has 1 amide bonds. The van der Waals surface area contributed by atoms with Crippen LogP contribution in [0.4, 0.5) is 0 Å². The summed E-state index contributed by atoms with van der Waals surface area (Å²) >= 11 is 1.48. The second kappa shape index (κ2) is 9.04. The Morgan fingerprint density at radius 2 is 1.83 bits per heavy atom. The number of carbonyl (C=O) groups is 1. The summed E-state index contributed by atoms with van der Waals surface area (Å²) < 4.78 is 2.22. The van der Waals surface area contributed by atoms with Crippen molar-refractivity contribution < 1.29 is 4.79 Å². The number of benzene rings is 1. The first-order valence-electron chi connectivity index (χ1n) is 10.7. The number of hydrogen-bond donors (Lipinski definition) is 1. The van der Waals surface area contributed by atoms with E-state index in [-0.39, 0.29) is 11.7 Å². The molecule has 152 valence electrons. The van der Waals surface area contributed by atoms with Gasteiger partial charge < -0.3 is 5.32 Å². The smallest absolute Gasteiger partial charge is 0.231 e. The van der Waals surface area contributed by atoms with Crippen LogP contribution >= 0.6 is 11.8 Å². The second-order valence-electron chi connectivity index (χ2n) is 8.11. The van der Waals surface area contributed by atoms with E-state index in [0.717, 1.165) is 62.2 Å². The molecule has 4 rings (SSSR count). The fourth-order valence-corrected chi connectivity index (χ4v) is 5.34. The summed E-state index contributed by atoms with van der Waals surface area (Å²) in [7, 11) is 0. The third-order valence-electron chi connectivity index (χ3n) is 6.00. The van der Waals surface area contributed by atoms with E-state index in [0.29, 0.717) is 0 Å². The lowest BCUT2D eigenvalue weighted by Gasteiger charge is -2.26. The third-order valence-corrected chi connectivity index (χ3v) is 6.94. The van der Waals surface area contributed by atoms with Crippen molar-refractivity contribution in [3.05, 3.63) is 41.7 Å². The summed E-state index contributed by atoms with van der Waals surface area (Å²) in [6.45, 7) is 0. The van der Waals surface area contributed by atoms with E-state index in [1.807, 2.05) is 18.2 Å². The van der Waals surface area contributed by atoms with E-state index in [9.17, 15) is 10.1 Å². The zero-order valence-corrected chi connectivity index (χ0v) is 17.6. The molecule has 1 heterocycles. The summed E-state index contributed by atoms with van der Waals surface area (Å²) in [6.07, 6.45) is 10.2. The van der Waals surface area contributed by atoms with E-state index < -0.39 is 5.54 Å². The zero-order chi connectivity index (χ0) is 20.1. The number of aryl methyl sites for hydroxylation is 1. The molecule has 1 saturated carbocycles. The van der Waals surface area contributed by atoms with Crippen molar-refractivity contribution in [3.63, 3.8) is 0 Å². The molecule has 1 fully saturated rings. The zero-order valence-electron chi connectivity index (χ0n) is 16.8. The molecule has 0 aliphatic heterocycles. The fourth-order valence-electron chi connectivity index (χ4n) is 4.49. The fraction of sp³-hybridized carbons (Fsp3) is 0.522. The Morgan fingerprint density at radius 3 is 2.55 bits per heavy atom. The number of aromatic nitrogens is 2. The quantitative estimate of drug-likeness (QED) is 0.581. The highest BCUT2D eigenvalue weighted by Crippen LogP contribution is 2.31. The molecule has 0 saturated heterocycles. The Morgan fingerprint density at radius 1 is 1.10 bits per heavy atom. The SMILES string of the molecule is N#CC1(NC(=O)CSc2nc3c(n2-c2ccccc2)CCCC3)CCCCCC1. The first-order valence-corrected chi connectivity index (χ1v) is 11.7. The van der Waals surface area contributed by atoms with E-state index >= 15 is 0 Å². The van der Waals surface area contributed by atoms with Crippen LogP contribution < -0.4 is 5.32 Å². The summed E-state index contributed by atoms with van der Waals surface area (Å²) in [5, 5.41) is 13.7. The number of thioether (sulfide) groups is 1. The van der Waals surface area contributed by atoms with Crippen molar-refractivity contribution in [2.24, 2.45) is 0 Å². The highest BCUT2D eigenvalue weighted by molar-refractivity contribution is 7.99. The lowest BCUT2D eigenvalue weighted by atomic mass is 9.92. The van der Waals surface area contributed by atoms with Crippen LogP contribution in [-0.4, -0.2) is 26.8 Å². The number of imidazole rings is 1. The van der Waals surface area contributed by atoms with E-state index in [4.69, 9.17) is 4.98 Å². The van der Waals surface area contributed by atoms with Crippen molar-refractivity contribution in [3.8, 4) is 11.8 Å². The van der Waals surface area contributed by atoms with Gasteiger partial charge in [-0.1, -0.05) is 55.6 Å².